The number of hydrogen-bond acceptors (Lipinski definition) is 3. The smallest absolute Gasteiger partial charge is 0.398 e. The fourth-order valence-electron chi connectivity index (χ4n) is 0.184. The number of carbonyl (C=O) groups excluding carboxylic acids is 1. The van der Waals surface area contributed by atoms with Crippen molar-refractivity contribution in [2.75, 3.05) is 6.16 Å². The molecule has 0 aliphatic carbocycles. The van der Waals surface area contributed by atoms with E-state index in [-0.39, 0.29) is 0 Å². The van der Waals surface area contributed by atoms with Crippen LogP contribution in [0.1, 0.15) is 6.92 Å². The fourth-order valence-corrected chi connectivity index (χ4v) is 0.553. The summed E-state index contributed by atoms with van der Waals surface area (Å²) in [6.07, 6.45) is -0.608. The summed E-state index contributed by atoms with van der Waals surface area (Å²) in [6, 6.07) is 0. The second-order valence-electron chi connectivity index (χ2n) is 1.15. The van der Waals surface area contributed by atoms with Gasteiger partial charge in [0.25, 0.3) is 0 Å². The first-order valence-electron chi connectivity index (χ1n) is 2.17. The number of rotatable bonds is 2. The molecule has 4 nitrogen and oxygen atoms in total. The molecule has 2 N–H and O–H groups in total. The minimum atomic E-state index is -2.15. The SMILES string of the molecule is CC[PH](=O)OC(N)=O. The van der Waals surface area contributed by atoms with Crippen LogP contribution in [0.3, 0.4) is 0 Å². The average molecular weight is 137 g/mol. The number of primary amides is 1. The number of carbonyl (C=O) groups is 1. The molecule has 48 valence electrons. The van der Waals surface area contributed by atoms with E-state index in [9.17, 15) is 9.36 Å². The van der Waals surface area contributed by atoms with E-state index in [4.69, 9.17) is 0 Å². The highest BCUT2D eigenvalue weighted by Crippen LogP contribution is 2.19. The van der Waals surface area contributed by atoms with E-state index in [1.54, 1.807) is 6.92 Å². The van der Waals surface area contributed by atoms with Crippen LogP contribution >= 0.6 is 8.03 Å². The van der Waals surface area contributed by atoms with Crippen molar-refractivity contribution in [2.24, 2.45) is 5.73 Å². The Morgan fingerprint density at radius 2 is 2.38 bits per heavy atom. The molecule has 0 aliphatic rings. The largest absolute Gasteiger partial charge is 0.409 e. The maximum absolute atomic E-state index is 10.3. The van der Waals surface area contributed by atoms with E-state index in [0.29, 0.717) is 6.16 Å². The van der Waals surface area contributed by atoms with Crippen LogP contribution in [0.5, 0.6) is 0 Å². The highest BCUT2D eigenvalue weighted by Gasteiger charge is 1.97. The predicted octanol–water partition coefficient (Wildman–Crippen LogP) is 0.576. The zero-order valence-corrected chi connectivity index (χ0v) is 5.51. The van der Waals surface area contributed by atoms with Gasteiger partial charge in [-0.1, -0.05) is 6.92 Å². The van der Waals surface area contributed by atoms with Crippen molar-refractivity contribution in [3.05, 3.63) is 0 Å². The van der Waals surface area contributed by atoms with Gasteiger partial charge in [0.2, 0.25) is 8.03 Å². The minimum Gasteiger partial charge on any atom is -0.398 e. The fraction of sp³-hybridized carbons (Fsp3) is 0.667. The van der Waals surface area contributed by atoms with Crippen LogP contribution < -0.4 is 5.73 Å². The van der Waals surface area contributed by atoms with Crippen molar-refractivity contribution in [2.45, 2.75) is 6.92 Å². The van der Waals surface area contributed by atoms with Gasteiger partial charge in [0, 0.05) is 6.16 Å². The lowest BCUT2D eigenvalue weighted by Gasteiger charge is -1.94. The molecule has 0 spiro atoms. The molecule has 0 aromatic carbocycles. The summed E-state index contributed by atoms with van der Waals surface area (Å²) in [4.78, 5) is 9.79. The molecule has 0 aromatic heterocycles. The summed E-state index contributed by atoms with van der Waals surface area (Å²) in [6.45, 7) is 1.66. The Kier molecular flexibility index (Phi) is 3.28. The molecule has 0 saturated heterocycles. The Hall–Kier alpha value is -0.500. The Labute approximate surface area is 47.9 Å². The first kappa shape index (κ1) is 7.50. The van der Waals surface area contributed by atoms with Gasteiger partial charge in [-0.05, 0) is 0 Å². The Morgan fingerprint density at radius 1 is 1.88 bits per heavy atom. The van der Waals surface area contributed by atoms with Crippen molar-refractivity contribution >= 4 is 14.1 Å². The van der Waals surface area contributed by atoms with Gasteiger partial charge in [0.15, 0.2) is 0 Å². The molecule has 0 heterocycles. The third-order valence-corrected chi connectivity index (χ3v) is 1.51. The summed E-state index contributed by atoms with van der Waals surface area (Å²) in [5.74, 6) is 0. The second-order valence-corrected chi connectivity index (χ2v) is 2.80. The zero-order valence-electron chi connectivity index (χ0n) is 4.51. The van der Waals surface area contributed by atoms with Crippen molar-refractivity contribution in [3.63, 3.8) is 0 Å². The molecule has 0 fully saturated rings. The number of amides is 1. The predicted molar refractivity (Wildman–Crippen MR) is 30.2 cm³/mol. The van der Waals surface area contributed by atoms with Crippen molar-refractivity contribution in [3.8, 4) is 0 Å². The van der Waals surface area contributed by atoms with E-state index < -0.39 is 14.1 Å². The summed E-state index contributed by atoms with van der Waals surface area (Å²) in [5.41, 5.74) is 4.53. The lowest BCUT2D eigenvalue weighted by atomic mass is 11.0. The summed E-state index contributed by atoms with van der Waals surface area (Å²) < 4.78 is 14.4. The van der Waals surface area contributed by atoms with Crippen LogP contribution in [0.15, 0.2) is 0 Å². The molecule has 0 bridgehead atoms. The minimum absolute atomic E-state index is 0.355. The van der Waals surface area contributed by atoms with E-state index in [2.05, 4.69) is 10.3 Å². The van der Waals surface area contributed by atoms with Crippen LogP contribution in [0.25, 0.3) is 0 Å². The molecule has 1 amide bonds. The van der Waals surface area contributed by atoms with Crippen LogP contribution in [0.2, 0.25) is 0 Å². The molecule has 0 saturated carbocycles. The van der Waals surface area contributed by atoms with E-state index in [1.165, 1.54) is 0 Å². The molecule has 0 radical (unpaired) electrons. The first-order chi connectivity index (χ1) is 3.66. The lowest BCUT2D eigenvalue weighted by molar-refractivity contribution is 0.214. The third-order valence-electron chi connectivity index (χ3n) is 0.503. The quantitative estimate of drug-likeness (QED) is 0.566. The molecular weight excluding hydrogens is 129 g/mol. The van der Waals surface area contributed by atoms with Crippen molar-refractivity contribution in [1.29, 1.82) is 0 Å². The lowest BCUT2D eigenvalue weighted by Crippen LogP contribution is -2.08. The third kappa shape index (κ3) is 3.68. The molecule has 0 aromatic rings. The monoisotopic (exact) mass is 137 g/mol. The highest BCUT2D eigenvalue weighted by atomic mass is 31.1. The van der Waals surface area contributed by atoms with Gasteiger partial charge < -0.3 is 10.3 Å². The molecule has 1 unspecified atom stereocenters. The highest BCUT2D eigenvalue weighted by molar-refractivity contribution is 7.39. The van der Waals surface area contributed by atoms with Crippen molar-refractivity contribution in [1.82, 2.24) is 0 Å². The Balaban J connectivity index is 3.40. The standard InChI is InChI=1S/C3H8NO3P/c1-2-8(6)7-3(4)5/h8H,2H2,1H3,(H2,4,5). The molecule has 5 heteroatoms. The van der Waals surface area contributed by atoms with Crippen LogP contribution in [-0.2, 0) is 9.09 Å². The summed E-state index contributed by atoms with van der Waals surface area (Å²) >= 11 is 0. The Bertz CT molecular complexity index is 113. The van der Waals surface area contributed by atoms with Crippen molar-refractivity contribution < 1.29 is 13.9 Å². The van der Waals surface area contributed by atoms with Gasteiger partial charge in [-0.2, -0.15) is 0 Å². The van der Waals surface area contributed by atoms with Gasteiger partial charge >= 0.3 is 6.09 Å². The summed E-state index contributed by atoms with van der Waals surface area (Å²) in [5, 5.41) is 0. The Morgan fingerprint density at radius 3 is 2.50 bits per heavy atom. The second kappa shape index (κ2) is 3.50. The zero-order chi connectivity index (χ0) is 6.57. The molecule has 0 rings (SSSR count). The van der Waals surface area contributed by atoms with Gasteiger partial charge in [0.1, 0.15) is 0 Å². The molecular formula is C3H8NO3P. The van der Waals surface area contributed by atoms with Crippen LogP contribution in [-0.4, -0.2) is 12.3 Å². The normalized spacial score (nSPS) is 12.6. The maximum Gasteiger partial charge on any atom is 0.409 e. The first-order valence-corrected chi connectivity index (χ1v) is 3.69. The van der Waals surface area contributed by atoms with E-state index >= 15 is 0 Å². The van der Waals surface area contributed by atoms with E-state index in [0.717, 1.165) is 0 Å². The topological polar surface area (TPSA) is 69.4 Å². The van der Waals surface area contributed by atoms with Gasteiger partial charge in [-0.25, -0.2) is 4.79 Å². The molecule has 8 heavy (non-hydrogen) atoms. The van der Waals surface area contributed by atoms with E-state index in [1.807, 2.05) is 0 Å². The van der Waals surface area contributed by atoms with Gasteiger partial charge in [-0.15, -0.1) is 0 Å². The number of hydrogen-bond donors (Lipinski definition) is 1. The van der Waals surface area contributed by atoms with Gasteiger partial charge in [-0.3, -0.25) is 4.57 Å². The molecule has 0 aliphatic heterocycles. The summed E-state index contributed by atoms with van der Waals surface area (Å²) in [7, 11) is -2.15. The average Bonchev–Trinajstić information content (AvgIpc) is 1.65. The maximum atomic E-state index is 10.3. The van der Waals surface area contributed by atoms with Crippen LogP contribution in [0, 0.1) is 0 Å². The van der Waals surface area contributed by atoms with Gasteiger partial charge in [0.05, 0.1) is 0 Å². The van der Waals surface area contributed by atoms with Crippen LogP contribution in [0.4, 0.5) is 4.79 Å². The molecule has 1 atom stereocenters. The number of nitrogens with two attached hydrogens (primary N) is 1.